The third kappa shape index (κ3) is 4.09. The largest absolute Gasteiger partial charge is 0.377 e. The summed E-state index contributed by atoms with van der Waals surface area (Å²) in [6.07, 6.45) is 2.17. The van der Waals surface area contributed by atoms with E-state index >= 15 is 0 Å². The van der Waals surface area contributed by atoms with E-state index in [1.165, 1.54) is 9.75 Å². The molecule has 0 saturated heterocycles. The van der Waals surface area contributed by atoms with Gasteiger partial charge in [-0.05, 0) is 45.4 Å². The van der Waals surface area contributed by atoms with Gasteiger partial charge in [0, 0.05) is 22.9 Å². The van der Waals surface area contributed by atoms with Crippen LogP contribution in [0.4, 0.5) is 0 Å². The van der Waals surface area contributed by atoms with E-state index in [4.69, 9.17) is 4.74 Å². The number of thiophene rings is 1. The number of hydrogen-bond acceptors (Lipinski definition) is 3. The van der Waals surface area contributed by atoms with Gasteiger partial charge in [-0.15, -0.1) is 11.3 Å². The first-order chi connectivity index (χ1) is 8.03. The van der Waals surface area contributed by atoms with Gasteiger partial charge in [0.2, 0.25) is 0 Å². The molecule has 0 radical (unpaired) electrons. The lowest BCUT2D eigenvalue weighted by Gasteiger charge is -2.33. The highest BCUT2D eigenvalue weighted by molar-refractivity contribution is 7.11. The molecule has 0 aliphatic heterocycles. The Morgan fingerprint density at radius 3 is 2.41 bits per heavy atom. The SMILES string of the molecule is CCNC(Cc1ccc(CC)s1)C(C)(C)OC. The Kier molecular flexibility index (Phi) is 5.63. The molecule has 0 bridgehead atoms. The zero-order valence-electron chi connectivity index (χ0n) is 11.7. The molecular formula is C14H25NOS. The summed E-state index contributed by atoms with van der Waals surface area (Å²) in [6, 6.07) is 4.85. The number of rotatable bonds is 7. The molecule has 0 aliphatic carbocycles. The fraction of sp³-hybridized carbons (Fsp3) is 0.714. The molecule has 0 saturated carbocycles. The number of methoxy groups -OCH3 is 1. The summed E-state index contributed by atoms with van der Waals surface area (Å²) in [6.45, 7) is 9.62. The average molecular weight is 255 g/mol. The van der Waals surface area contributed by atoms with Gasteiger partial charge in [-0.25, -0.2) is 0 Å². The maximum atomic E-state index is 5.60. The van der Waals surface area contributed by atoms with E-state index in [-0.39, 0.29) is 5.60 Å². The molecule has 0 fully saturated rings. The normalized spacial score (nSPS) is 13.9. The van der Waals surface area contributed by atoms with Gasteiger partial charge in [-0.2, -0.15) is 0 Å². The van der Waals surface area contributed by atoms with Crippen LogP contribution in [0.2, 0.25) is 0 Å². The lowest BCUT2D eigenvalue weighted by Crippen LogP contribution is -2.49. The highest BCUT2D eigenvalue weighted by Crippen LogP contribution is 2.23. The summed E-state index contributed by atoms with van der Waals surface area (Å²) >= 11 is 1.92. The number of nitrogens with one attached hydrogen (secondary N) is 1. The topological polar surface area (TPSA) is 21.3 Å². The summed E-state index contributed by atoms with van der Waals surface area (Å²) in [5.41, 5.74) is -0.133. The minimum atomic E-state index is -0.133. The van der Waals surface area contributed by atoms with E-state index in [0.717, 1.165) is 19.4 Å². The molecule has 3 heteroatoms. The second kappa shape index (κ2) is 6.53. The average Bonchev–Trinajstić information content (AvgIpc) is 2.76. The molecule has 1 unspecified atom stereocenters. The molecule has 1 atom stereocenters. The van der Waals surface area contributed by atoms with Crippen LogP contribution in [0.3, 0.4) is 0 Å². The summed E-state index contributed by atoms with van der Waals surface area (Å²) in [7, 11) is 1.79. The van der Waals surface area contributed by atoms with Crippen molar-refractivity contribution in [2.45, 2.75) is 52.2 Å². The first kappa shape index (κ1) is 14.7. The first-order valence-corrected chi connectivity index (χ1v) is 7.21. The van der Waals surface area contributed by atoms with Crippen molar-refractivity contribution >= 4 is 11.3 Å². The van der Waals surface area contributed by atoms with Crippen LogP contribution in [0.15, 0.2) is 12.1 Å². The molecule has 0 spiro atoms. The third-order valence-electron chi connectivity index (χ3n) is 3.29. The van der Waals surface area contributed by atoms with Gasteiger partial charge in [0.1, 0.15) is 0 Å². The summed E-state index contributed by atoms with van der Waals surface area (Å²) in [5.74, 6) is 0. The van der Waals surface area contributed by atoms with Crippen LogP contribution in [-0.2, 0) is 17.6 Å². The van der Waals surface area contributed by atoms with Gasteiger partial charge in [-0.3, -0.25) is 0 Å². The van der Waals surface area contributed by atoms with Crippen molar-refractivity contribution in [2.24, 2.45) is 0 Å². The van der Waals surface area contributed by atoms with Crippen molar-refractivity contribution in [3.05, 3.63) is 21.9 Å². The number of likely N-dealkylation sites (N-methyl/N-ethyl adjacent to an activating group) is 1. The maximum absolute atomic E-state index is 5.60. The molecule has 1 aromatic heterocycles. The Bertz CT molecular complexity index is 333. The Morgan fingerprint density at radius 1 is 1.29 bits per heavy atom. The predicted octanol–water partition coefficient (Wildman–Crippen LogP) is 3.26. The molecule has 1 N–H and O–H groups in total. The zero-order chi connectivity index (χ0) is 12.9. The molecule has 1 heterocycles. The monoisotopic (exact) mass is 255 g/mol. The van der Waals surface area contributed by atoms with Crippen molar-refractivity contribution in [2.75, 3.05) is 13.7 Å². The van der Waals surface area contributed by atoms with Gasteiger partial charge >= 0.3 is 0 Å². The number of hydrogen-bond donors (Lipinski definition) is 1. The molecule has 0 aromatic carbocycles. The van der Waals surface area contributed by atoms with Crippen LogP contribution in [0.25, 0.3) is 0 Å². The summed E-state index contributed by atoms with van der Waals surface area (Å²) in [5, 5.41) is 3.53. The Labute approximate surface area is 109 Å². The second-order valence-electron chi connectivity index (χ2n) is 4.84. The summed E-state index contributed by atoms with van der Waals surface area (Å²) < 4.78 is 5.60. The number of aryl methyl sites for hydroxylation is 1. The van der Waals surface area contributed by atoms with Gasteiger partial charge in [0.25, 0.3) is 0 Å². The molecule has 0 aliphatic rings. The Morgan fingerprint density at radius 2 is 1.94 bits per heavy atom. The van der Waals surface area contributed by atoms with Crippen molar-refractivity contribution in [3.63, 3.8) is 0 Å². The molecular weight excluding hydrogens is 230 g/mol. The van der Waals surface area contributed by atoms with Gasteiger partial charge in [0.05, 0.1) is 5.60 Å². The first-order valence-electron chi connectivity index (χ1n) is 6.39. The third-order valence-corrected chi connectivity index (χ3v) is 4.54. The van der Waals surface area contributed by atoms with Crippen molar-refractivity contribution in [1.29, 1.82) is 0 Å². The van der Waals surface area contributed by atoms with Crippen LogP contribution in [-0.4, -0.2) is 25.3 Å². The Hall–Kier alpha value is -0.380. The molecule has 0 amide bonds. The van der Waals surface area contributed by atoms with E-state index in [1.54, 1.807) is 7.11 Å². The van der Waals surface area contributed by atoms with Crippen LogP contribution >= 0.6 is 11.3 Å². The van der Waals surface area contributed by atoms with E-state index in [9.17, 15) is 0 Å². The van der Waals surface area contributed by atoms with Crippen LogP contribution in [0.1, 0.15) is 37.4 Å². The van der Waals surface area contributed by atoms with Crippen LogP contribution < -0.4 is 5.32 Å². The van der Waals surface area contributed by atoms with Gasteiger partial charge in [-0.1, -0.05) is 13.8 Å². The molecule has 2 nitrogen and oxygen atoms in total. The van der Waals surface area contributed by atoms with Crippen LogP contribution in [0, 0.1) is 0 Å². The summed E-state index contributed by atoms with van der Waals surface area (Å²) in [4.78, 5) is 2.91. The fourth-order valence-corrected chi connectivity index (χ4v) is 2.88. The molecule has 98 valence electrons. The fourth-order valence-electron chi connectivity index (χ4n) is 1.88. The molecule has 1 aromatic rings. The minimum absolute atomic E-state index is 0.133. The lowest BCUT2D eigenvalue weighted by molar-refractivity contribution is -0.00939. The van der Waals surface area contributed by atoms with E-state index in [1.807, 2.05) is 11.3 Å². The quantitative estimate of drug-likeness (QED) is 0.807. The van der Waals surface area contributed by atoms with Crippen molar-refractivity contribution in [1.82, 2.24) is 5.32 Å². The second-order valence-corrected chi connectivity index (χ2v) is 6.10. The highest BCUT2D eigenvalue weighted by Gasteiger charge is 2.28. The maximum Gasteiger partial charge on any atom is 0.0778 e. The van der Waals surface area contributed by atoms with Crippen molar-refractivity contribution < 1.29 is 4.74 Å². The smallest absolute Gasteiger partial charge is 0.0778 e. The molecule has 1 rings (SSSR count). The van der Waals surface area contributed by atoms with E-state index < -0.39 is 0 Å². The number of ether oxygens (including phenoxy) is 1. The van der Waals surface area contributed by atoms with Crippen LogP contribution in [0.5, 0.6) is 0 Å². The highest BCUT2D eigenvalue weighted by atomic mass is 32.1. The predicted molar refractivity (Wildman–Crippen MR) is 76.0 cm³/mol. The van der Waals surface area contributed by atoms with E-state index in [2.05, 4.69) is 45.1 Å². The van der Waals surface area contributed by atoms with Crippen molar-refractivity contribution in [3.8, 4) is 0 Å². The zero-order valence-corrected chi connectivity index (χ0v) is 12.5. The van der Waals surface area contributed by atoms with E-state index in [0.29, 0.717) is 6.04 Å². The van der Waals surface area contributed by atoms with Gasteiger partial charge < -0.3 is 10.1 Å². The standard InChI is InChI=1S/C14H25NOS/c1-6-11-8-9-12(17-11)10-13(15-7-2)14(3,4)16-5/h8-9,13,15H,6-7,10H2,1-5H3. The minimum Gasteiger partial charge on any atom is -0.377 e. The lowest BCUT2D eigenvalue weighted by atomic mass is 9.95. The molecule has 17 heavy (non-hydrogen) atoms. The van der Waals surface area contributed by atoms with Gasteiger partial charge in [0.15, 0.2) is 0 Å². The Balaban J connectivity index is 2.72.